The molecule has 0 unspecified atom stereocenters. The Morgan fingerprint density at radius 1 is 1.14 bits per heavy atom. The maximum Gasteiger partial charge on any atom is 0.416 e. The van der Waals surface area contributed by atoms with Crippen LogP contribution in [-0.4, -0.2) is 30.1 Å². The number of carbonyl (C=O) groups excluding carboxylic acids is 1. The highest BCUT2D eigenvalue weighted by Gasteiger charge is 2.42. The highest BCUT2D eigenvalue weighted by Crippen LogP contribution is 2.38. The third-order valence-electron chi connectivity index (χ3n) is 5.18. The number of halogens is 6. The number of alkyl halides is 6. The zero-order valence-electron chi connectivity index (χ0n) is 15.9. The average molecular weight is 427 g/mol. The second kappa shape index (κ2) is 7.77. The summed E-state index contributed by atoms with van der Waals surface area (Å²) in [6, 6.07) is 1.37. The van der Waals surface area contributed by atoms with Crippen LogP contribution in [-0.2, 0) is 21.9 Å². The molecule has 164 valence electrons. The van der Waals surface area contributed by atoms with Crippen LogP contribution < -0.4 is 16.8 Å². The van der Waals surface area contributed by atoms with Crippen LogP contribution >= 0.6 is 0 Å². The van der Waals surface area contributed by atoms with Gasteiger partial charge in [-0.1, -0.05) is 0 Å². The number of amides is 1. The standard InChI is InChI=1S/C18H23F6N3O2/c1-10(29-9-15(2)3-4-16(26,8-27-15)14(25)28)11-5-12(17(19,20)21)7-13(6-11)18(22,23)24/h5-7,10,27H,3-4,8-9,26H2,1-2H3,(H2,25,28)/t10-,15-,16+/m1/s1. The average Bonchev–Trinajstić information content (AvgIpc) is 2.60. The number of nitrogens with two attached hydrogens (primary N) is 2. The summed E-state index contributed by atoms with van der Waals surface area (Å²) in [5.41, 5.74) is 6.25. The number of hydrogen-bond donors (Lipinski definition) is 3. The van der Waals surface area contributed by atoms with Crippen LogP contribution in [0.1, 0.15) is 49.5 Å². The van der Waals surface area contributed by atoms with E-state index < -0.39 is 46.6 Å². The Morgan fingerprint density at radius 3 is 2.03 bits per heavy atom. The van der Waals surface area contributed by atoms with Crippen molar-refractivity contribution in [3.8, 4) is 0 Å². The van der Waals surface area contributed by atoms with Gasteiger partial charge >= 0.3 is 12.4 Å². The van der Waals surface area contributed by atoms with Crippen molar-refractivity contribution in [3.05, 3.63) is 34.9 Å². The minimum atomic E-state index is -4.92. The Balaban J connectivity index is 2.15. The first-order valence-electron chi connectivity index (χ1n) is 8.81. The number of hydrogen-bond acceptors (Lipinski definition) is 4. The van der Waals surface area contributed by atoms with Crippen LogP contribution in [0.2, 0.25) is 0 Å². The van der Waals surface area contributed by atoms with Crippen molar-refractivity contribution >= 4 is 5.91 Å². The molecule has 1 aromatic carbocycles. The minimum absolute atomic E-state index is 0.0133. The van der Waals surface area contributed by atoms with E-state index in [1.165, 1.54) is 6.92 Å². The van der Waals surface area contributed by atoms with Gasteiger partial charge in [-0.25, -0.2) is 0 Å². The molecule has 1 aliphatic heterocycles. The first-order valence-corrected chi connectivity index (χ1v) is 8.81. The molecule has 1 heterocycles. The molecule has 1 amide bonds. The van der Waals surface area contributed by atoms with Gasteiger partial charge in [0.05, 0.1) is 23.8 Å². The number of piperidine rings is 1. The van der Waals surface area contributed by atoms with Crippen LogP contribution in [0.4, 0.5) is 26.3 Å². The highest BCUT2D eigenvalue weighted by molar-refractivity contribution is 5.84. The summed E-state index contributed by atoms with van der Waals surface area (Å²) in [5, 5.41) is 3.03. The van der Waals surface area contributed by atoms with Crippen molar-refractivity contribution in [2.24, 2.45) is 11.5 Å². The normalized spacial score (nSPS) is 26.9. The summed E-state index contributed by atoms with van der Waals surface area (Å²) in [4.78, 5) is 11.4. The lowest BCUT2D eigenvalue weighted by Crippen LogP contribution is -2.66. The van der Waals surface area contributed by atoms with E-state index in [1.807, 2.05) is 0 Å². The van der Waals surface area contributed by atoms with Crippen molar-refractivity contribution in [2.45, 2.75) is 56.2 Å². The zero-order valence-corrected chi connectivity index (χ0v) is 15.9. The molecular weight excluding hydrogens is 404 g/mol. The topological polar surface area (TPSA) is 90.4 Å². The lowest BCUT2D eigenvalue weighted by Gasteiger charge is -2.42. The van der Waals surface area contributed by atoms with E-state index in [0.717, 1.165) is 0 Å². The van der Waals surface area contributed by atoms with Gasteiger partial charge in [-0.3, -0.25) is 4.79 Å². The molecule has 0 saturated carbocycles. The Morgan fingerprint density at radius 2 is 1.66 bits per heavy atom. The molecule has 3 atom stereocenters. The van der Waals surface area contributed by atoms with Crippen molar-refractivity contribution < 1.29 is 35.9 Å². The maximum atomic E-state index is 13.0. The smallest absolute Gasteiger partial charge is 0.372 e. The first kappa shape index (κ1) is 23.4. The summed E-state index contributed by atoms with van der Waals surface area (Å²) in [7, 11) is 0. The largest absolute Gasteiger partial charge is 0.416 e. The van der Waals surface area contributed by atoms with Gasteiger partial charge < -0.3 is 21.5 Å². The van der Waals surface area contributed by atoms with Crippen LogP contribution in [0.15, 0.2) is 18.2 Å². The predicted octanol–water partition coefficient (Wildman–Crippen LogP) is 3.13. The SMILES string of the molecule is C[C@@H](OC[C@@]1(C)CC[C@@](N)(C(N)=O)CN1)c1cc(C(F)(F)F)cc(C(F)(F)F)c1. The molecule has 0 bridgehead atoms. The van der Waals surface area contributed by atoms with E-state index in [9.17, 15) is 31.1 Å². The van der Waals surface area contributed by atoms with E-state index in [-0.39, 0.29) is 31.2 Å². The van der Waals surface area contributed by atoms with Gasteiger partial charge in [-0.05, 0) is 50.5 Å². The van der Waals surface area contributed by atoms with Gasteiger partial charge in [-0.2, -0.15) is 26.3 Å². The van der Waals surface area contributed by atoms with E-state index in [2.05, 4.69) is 5.32 Å². The molecule has 29 heavy (non-hydrogen) atoms. The summed E-state index contributed by atoms with van der Waals surface area (Å²) < 4.78 is 83.6. The Hall–Kier alpha value is -1.85. The second-order valence-corrected chi connectivity index (χ2v) is 7.73. The number of benzene rings is 1. The van der Waals surface area contributed by atoms with E-state index >= 15 is 0 Å². The highest BCUT2D eigenvalue weighted by atomic mass is 19.4. The zero-order chi connectivity index (χ0) is 22.3. The molecule has 11 heteroatoms. The molecule has 0 radical (unpaired) electrons. The summed E-state index contributed by atoms with van der Waals surface area (Å²) in [6.45, 7) is 3.20. The molecule has 5 nitrogen and oxygen atoms in total. The Bertz CT molecular complexity index is 723. The summed E-state index contributed by atoms with van der Waals surface area (Å²) >= 11 is 0. The van der Waals surface area contributed by atoms with Crippen molar-refractivity contribution in [3.63, 3.8) is 0 Å². The van der Waals surface area contributed by atoms with E-state index in [4.69, 9.17) is 16.2 Å². The van der Waals surface area contributed by atoms with Crippen molar-refractivity contribution in [1.29, 1.82) is 0 Å². The van der Waals surface area contributed by atoms with Gasteiger partial charge in [-0.15, -0.1) is 0 Å². The lowest BCUT2D eigenvalue weighted by molar-refractivity contribution is -0.143. The van der Waals surface area contributed by atoms with Crippen LogP contribution in [0, 0.1) is 0 Å². The van der Waals surface area contributed by atoms with Gasteiger partial charge in [0.25, 0.3) is 0 Å². The molecule has 2 rings (SSSR count). The van der Waals surface area contributed by atoms with Crippen LogP contribution in [0.5, 0.6) is 0 Å². The fourth-order valence-corrected chi connectivity index (χ4v) is 3.00. The molecule has 1 fully saturated rings. The second-order valence-electron chi connectivity index (χ2n) is 7.73. The van der Waals surface area contributed by atoms with Crippen LogP contribution in [0.25, 0.3) is 0 Å². The number of primary amides is 1. The number of nitrogens with one attached hydrogen (secondary N) is 1. The van der Waals surface area contributed by atoms with Crippen molar-refractivity contribution in [2.75, 3.05) is 13.2 Å². The summed E-state index contributed by atoms with van der Waals surface area (Å²) in [6.07, 6.45) is -10.2. The number of ether oxygens (including phenoxy) is 1. The molecule has 0 spiro atoms. The Kier molecular flexibility index (Phi) is 6.27. The van der Waals surface area contributed by atoms with Gasteiger partial charge in [0.15, 0.2) is 0 Å². The predicted molar refractivity (Wildman–Crippen MR) is 92.6 cm³/mol. The van der Waals surface area contributed by atoms with Crippen molar-refractivity contribution in [1.82, 2.24) is 5.32 Å². The van der Waals surface area contributed by atoms with Crippen LogP contribution in [0.3, 0.4) is 0 Å². The third kappa shape index (κ3) is 5.61. The fraction of sp³-hybridized carbons (Fsp3) is 0.611. The van der Waals surface area contributed by atoms with E-state index in [1.54, 1.807) is 6.92 Å². The number of rotatable bonds is 5. The number of carbonyl (C=O) groups is 1. The summed E-state index contributed by atoms with van der Waals surface area (Å²) in [5.74, 6) is -0.662. The Labute approximate surface area is 163 Å². The van der Waals surface area contributed by atoms with Gasteiger partial charge in [0.2, 0.25) is 5.91 Å². The monoisotopic (exact) mass is 427 g/mol. The fourth-order valence-electron chi connectivity index (χ4n) is 3.00. The minimum Gasteiger partial charge on any atom is -0.372 e. The first-order chi connectivity index (χ1) is 13.1. The molecule has 1 aromatic rings. The lowest BCUT2D eigenvalue weighted by atomic mass is 9.81. The molecular formula is C18H23F6N3O2. The molecule has 0 aromatic heterocycles. The molecule has 0 aliphatic carbocycles. The molecule has 1 aliphatic rings. The molecule has 5 N–H and O–H groups in total. The third-order valence-corrected chi connectivity index (χ3v) is 5.18. The quantitative estimate of drug-likeness (QED) is 0.630. The van der Waals surface area contributed by atoms with Gasteiger partial charge in [0, 0.05) is 12.1 Å². The van der Waals surface area contributed by atoms with E-state index in [0.29, 0.717) is 18.6 Å². The van der Waals surface area contributed by atoms with Gasteiger partial charge in [0.1, 0.15) is 5.54 Å². The molecule has 1 saturated heterocycles. The maximum absolute atomic E-state index is 13.0.